The third kappa shape index (κ3) is 2.77. The molecule has 0 fully saturated rings. The van der Waals surface area contributed by atoms with Crippen LogP contribution in [0, 0.1) is 6.92 Å². The molecule has 0 amide bonds. The summed E-state index contributed by atoms with van der Waals surface area (Å²) in [6, 6.07) is 2.22. The van der Waals surface area contributed by atoms with Gasteiger partial charge in [0, 0.05) is 13.2 Å². The molecule has 17 heavy (non-hydrogen) atoms. The van der Waals surface area contributed by atoms with Gasteiger partial charge >= 0.3 is 0 Å². The van der Waals surface area contributed by atoms with E-state index in [9.17, 15) is 0 Å². The van der Waals surface area contributed by atoms with Gasteiger partial charge in [-0.3, -0.25) is 4.68 Å². The smallest absolute Gasteiger partial charge is 0.123 e. The van der Waals surface area contributed by atoms with E-state index in [1.165, 1.54) is 11.1 Å². The predicted octanol–water partition coefficient (Wildman–Crippen LogP) is 2.21. The maximum atomic E-state index is 5.57. The topological polar surface area (TPSA) is 43.0 Å². The van der Waals surface area contributed by atoms with E-state index in [0.717, 1.165) is 18.7 Å². The summed E-state index contributed by atoms with van der Waals surface area (Å²) >= 11 is 0. The van der Waals surface area contributed by atoms with Crippen LogP contribution >= 0.6 is 0 Å². The Kier molecular flexibility index (Phi) is 3.64. The first-order valence-electron chi connectivity index (χ1n) is 5.95. The highest BCUT2D eigenvalue weighted by Crippen LogP contribution is 2.22. The van der Waals surface area contributed by atoms with Crippen molar-refractivity contribution >= 4 is 0 Å². The second-order valence-corrected chi connectivity index (χ2v) is 4.30. The lowest BCUT2D eigenvalue weighted by atomic mass is 10.0. The van der Waals surface area contributed by atoms with Crippen LogP contribution in [0.5, 0.6) is 0 Å². The summed E-state index contributed by atoms with van der Waals surface area (Å²) in [7, 11) is 1.93. The second kappa shape index (κ2) is 5.19. The molecule has 0 aliphatic rings. The van der Waals surface area contributed by atoms with Crippen LogP contribution in [0.15, 0.2) is 29.1 Å². The average Bonchev–Trinajstić information content (AvgIpc) is 2.87. The zero-order valence-electron chi connectivity index (χ0n) is 10.6. The molecule has 0 aliphatic heterocycles. The number of furan rings is 1. The van der Waals surface area contributed by atoms with Crippen LogP contribution in [0.1, 0.15) is 29.9 Å². The molecule has 0 saturated carbocycles. The van der Waals surface area contributed by atoms with E-state index in [1.54, 1.807) is 6.26 Å². The van der Waals surface area contributed by atoms with Crippen LogP contribution in [0.2, 0.25) is 0 Å². The van der Waals surface area contributed by atoms with Crippen molar-refractivity contribution in [2.45, 2.75) is 26.3 Å². The lowest BCUT2D eigenvalue weighted by molar-refractivity contribution is 0.413. The van der Waals surface area contributed by atoms with Crippen molar-refractivity contribution < 1.29 is 4.42 Å². The number of aryl methyl sites for hydroxylation is 2. The molecule has 1 N–H and O–H groups in total. The van der Waals surface area contributed by atoms with Crippen molar-refractivity contribution in [1.29, 1.82) is 0 Å². The zero-order chi connectivity index (χ0) is 12.3. The van der Waals surface area contributed by atoms with Gasteiger partial charge in [-0.25, -0.2) is 0 Å². The normalized spacial score (nSPS) is 12.9. The number of hydrogen-bond acceptors (Lipinski definition) is 3. The summed E-state index contributed by atoms with van der Waals surface area (Å²) < 4.78 is 7.40. The predicted molar refractivity (Wildman–Crippen MR) is 66.8 cm³/mol. The molecule has 0 saturated heterocycles. The Bertz CT molecular complexity index is 472. The van der Waals surface area contributed by atoms with Gasteiger partial charge in [-0.05, 0) is 37.1 Å². The number of likely N-dealkylation sites (N-methyl/N-ethyl adjacent to an activating group) is 1. The maximum absolute atomic E-state index is 5.57. The van der Waals surface area contributed by atoms with E-state index in [4.69, 9.17) is 4.42 Å². The molecule has 4 heteroatoms. The molecule has 4 nitrogen and oxygen atoms in total. The quantitative estimate of drug-likeness (QED) is 0.861. The van der Waals surface area contributed by atoms with Gasteiger partial charge in [0.1, 0.15) is 5.76 Å². The summed E-state index contributed by atoms with van der Waals surface area (Å²) in [5, 5.41) is 7.64. The molecule has 0 bridgehead atoms. The van der Waals surface area contributed by atoms with Gasteiger partial charge in [-0.15, -0.1) is 0 Å². The Hall–Kier alpha value is -1.55. The fraction of sp³-hybridized carbons (Fsp3) is 0.462. The Morgan fingerprint density at radius 2 is 2.35 bits per heavy atom. The van der Waals surface area contributed by atoms with Crippen LogP contribution < -0.4 is 5.32 Å². The summed E-state index contributed by atoms with van der Waals surface area (Å²) in [5.74, 6) is 1.02. The highest BCUT2D eigenvalue weighted by atomic mass is 16.3. The van der Waals surface area contributed by atoms with E-state index in [2.05, 4.69) is 24.3 Å². The van der Waals surface area contributed by atoms with Crippen LogP contribution in [0.4, 0.5) is 0 Å². The van der Waals surface area contributed by atoms with Crippen LogP contribution in [-0.2, 0) is 13.5 Å². The molecule has 2 rings (SSSR count). The van der Waals surface area contributed by atoms with E-state index < -0.39 is 0 Å². The Balaban J connectivity index is 2.15. The summed E-state index contributed by atoms with van der Waals surface area (Å²) in [5.41, 5.74) is 2.41. The maximum Gasteiger partial charge on any atom is 0.123 e. The molecule has 92 valence electrons. The molecular weight excluding hydrogens is 214 g/mol. The molecule has 1 atom stereocenters. The summed E-state index contributed by atoms with van der Waals surface area (Å²) in [6.07, 6.45) is 6.60. The lowest BCUT2D eigenvalue weighted by Gasteiger charge is -2.15. The van der Waals surface area contributed by atoms with E-state index >= 15 is 0 Å². The van der Waals surface area contributed by atoms with E-state index in [1.807, 2.05) is 30.2 Å². The molecule has 0 aromatic carbocycles. The third-order valence-corrected chi connectivity index (χ3v) is 2.87. The zero-order valence-corrected chi connectivity index (χ0v) is 10.6. The Morgan fingerprint density at radius 3 is 2.88 bits per heavy atom. The fourth-order valence-electron chi connectivity index (χ4n) is 2.06. The molecule has 2 aromatic heterocycles. The van der Waals surface area contributed by atoms with Crippen molar-refractivity contribution in [3.8, 4) is 0 Å². The molecular formula is C13H19N3O. The molecule has 2 heterocycles. The van der Waals surface area contributed by atoms with Gasteiger partial charge in [0.2, 0.25) is 0 Å². The molecule has 0 radical (unpaired) electrons. The van der Waals surface area contributed by atoms with Gasteiger partial charge in [0.15, 0.2) is 0 Å². The van der Waals surface area contributed by atoms with Crippen molar-refractivity contribution in [1.82, 2.24) is 15.1 Å². The molecule has 2 aromatic rings. The third-order valence-electron chi connectivity index (χ3n) is 2.87. The number of nitrogens with one attached hydrogen (secondary N) is 1. The van der Waals surface area contributed by atoms with E-state index in [-0.39, 0.29) is 6.04 Å². The van der Waals surface area contributed by atoms with Crippen LogP contribution in [0.25, 0.3) is 0 Å². The minimum absolute atomic E-state index is 0.221. The number of aromatic nitrogens is 2. The number of hydrogen-bond donors (Lipinski definition) is 1. The highest BCUT2D eigenvalue weighted by Gasteiger charge is 2.17. The van der Waals surface area contributed by atoms with Crippen molar-refractivity contribution in [3.05, 3.63) is 41.6 Å². The van der Waals surface area contributed by atoms with Crippen molar-refractivity contribution in [2.24, 2.45) is 7.05 Å². The minimum atomic E-state index is 0.221. The Morgan fingerprint density at radius 1 is 1.53 bits per heavy atom. The molecule has 1 unspecified atom stereocenters. The first-order valence-corrected chi connectivity index (χ1v) is 5.95. The van der Waals surface area contributed by atoms with Gasteiger partial charge in [0.25, 0.3) is 0 Å². The molecule has 0 spiro atoms. The lowest BCUT2D eigenvalue weighted by Crippen LogP contribution is -2.23. The largest absolute Gasteiger partial charge is 0.467 e. The average molecular weight is 233 g/mol. The van der Waals surface area contributed by atoms with Crippen molar-refractivity contribution in [3.63, 3.8) is 0 Å². The minimum Gasteiger partial charge on any atom is -0.467 e. The standard InChI is InChI=1S/C13H19N3O/c1-4-14-12(13-10(2)5-6-17-13)7-11-8-15-16(3)9-11/h5-6,8-9,12,14H,4,7H2,1-3H3. The second-order valence-electron chi connectivity index (χ2n) is 4.30. The highest BCUT2D eigenvalue weighted by molar-refractivity contribution is 5.21. The summed E-state index contributed by atoms with van der Waals surface area (Å²) in [6.45, 7) is 5.10. The Labute approximate surface area is 102 Å². The first-order chi connectivity index (χ1) is 8.20. The van der Waals surface area contributed by atoms with Gasteiger partial charge in [-0.2, -0.15) is 5.10 Å². The van der Waals surface area contributed by atoms with Gasteiger partial charge in [-0.1, -0.05) is 6.92 Å². The van der Waals surface area contributed by atoms with Crippen molar-refractivity contribution in [2.75, 3.05) is 6.54 Å². The van der Waals surface area contributed by atoms with Gasteiger partial charge < -0.3 is 9.73 Å². The molecule has 0 aliphatic carbocycles. The first kappa shape index (κ1) is 11.9. The van der Waals surface area contributed by atoms with Crippen LogP contribution in [0.3, 0.4) is 0 Å². The number of rotatable bonds is 5. The van der Waals surface area contributed by atoms with Gasteiger partial charge in [0.05, 0.1) is 18.5 Å². The van der Waals surface area contributed by atoms with E-state index in [0.29, 0.717) is 0 Å². The SMILES string of the molecule is CCNC(Cc1cnn(C)c1)c1occc1C. The fourth-order valence-corrected chi connectivity index (χ4v) is 2.06. The van der Waals surface area contributed by atoms with Crippen LogP contribution in [-0.4, -0.2) is 16.3 Å². The summed E-state index contributed by atoms with van der Waals surface area (Å²) in [4.78, 5) is 0. The monoisotopic (exact) mass is 233 g/mol. The number of nitrogens with zero attached hydrogens (tertiary/aromatic N) is 2.